The van der Waals surface area contributed by atoms with Gasteiger partial charge in [-0.05, 0) is 54.2 Å². The maximum atomic E-state index is 11.3. The molecule has 4 heteroatoms. The van der Waals surface area contributed by atoms with Crippen LogP contribution in [0.1, 0.15) is 58.9 Å². The van der Waals surface area contributed by atoms with Gasteiger partial charge in [-0.2, -0.15) is 0 Å². The first kappa shape index (κ1) is 18.6. The van der Waals surface area contributed by atoms with E-state index < -0.39 is 0 Å². The lowest BCUT2D eigenvalue weighted by atomic mass is 9.63. The van der Waals surface area contributed by atoms with Gasteiger partial charge < -0.3 is 15.8 Å². The maximum absolute atomic E-state index is 11.3. The van der Waals surface area contributed by atoms with Crippen LogP contribution in [0.25, 0.3) is 0 Å². The van der Waals surface area contributed by atoms with E-state index in [1.807, 2.05) is 18.2 Å². The minimum Gasteiger partial charge on any atom is -0.469 e. The van der Waals surface area contributed by atoms with Crippen molar-refractivity contribution in [3.63, 3.8) is 0 Å². The molecule has 0 aliphatic heterocycles. The molecule has 0 spiro atoms. The fourth-order valence-corrected chi connectivity index (χ4v) is 4.42. The molecular weight excluding hydrogens is 300 g/mol. The van der Waals surface area contributed by atoms with Gasteiger partial charge in [0.1, 0.15) is 0 Å². The number of nitrogen functional groups attached to an aromatic ring is 1. The second kappa shape index (κ2) is 7.04. The Bertz CT molecular complexity index is 577. The largest absolute Gasteiger partial charge is 0.469 e. The molecular formula is C20H32N2O2. The van der Waals surface area contributed by atoms with Crippen LogP contribution in [-0.4, -0.2) is 19.1 Å². The Hall–Kier alpha value is -1.71. The summed E-state index contributed by atoms with van der Waals surface area (Å²) in [5.74, 6) is -0.192. The number of carbonyl (C=O) groups excluding carboxylic acids is 1. The highest BCUT2D eigenvalue weighted by Gasteiger charge is 2.38. The van der Waals surface area contributed by atoms with Crippen LogP contribution < -0.4 is 11.1 Å². The molecule has 0 heterocycles. The van der Waals surface area contributed by atoms with E-state index in [1.165, 1.54) is 13.5 Å². The van der Waals surface area contributed by atoms with Gasteiger partial charge in [0.05, 0.1) is 18.5 Å². The van der Waals surface area contributed by atoms with E-state index in [4.69, 9.17) is 5.73 Å². The molecule has 0 radical (unpaired) electrons. The predicted octanol–water partition coefficient (Wildman–Crippen LogP) is 4.39. The molecule has 1 aliphatic rings. The van der Waals surface area contributed by atoms with Gasteiger partial charge in [-0.25, -0.2) is 0 Å². The number of anilines is 2. The topological polar surface area (TPSA) is 64.3 Å². The molecule has 0 amide bonds. The number of esters is 1. The highest BCUT2D eigenvalue weighted by Crippen LogP contribution is 2.46. The molecule has 0 aromatic heterocycles. The van der Waals surface area contributed by atoms with Crippen LogP contribution in [0.15, 0.2) is 18.2 Å². The lowest BCUT2D eigenvalue weighted by Gasteiger charge is -2.45. The standard InChI is InChI=1S/C20H32N2O2/c1-19(2)11-15(12-20(3,4)13-19)22-17-8-6-14(10-16(17)21)7-9-18(23)24-5/h6,8,10,15,22H,7,9,11-13,21H2,1-5H3. The molecule has 1 aromatic rings. The van der Waals surface area contributed by atoms with Gasteiger partial charge >= 0.3 is 5.97 Å². The average Bonchev–Trinajstić information content (AvgIpc) is 2.44. The van der Waals surface area contributed by atoms with E-state index in [0.29, 0.717) is 29.7 Å². The molecule has 4 nitrogen and oxygen atoms in total. The summed E-state index contributed by atoms with van der Waals surface area (Å²) in [5.41, 5.74) is 9.72. The molecule has 1 fully saturated rings. The van der Waals surface area contributed by atoms with Crippen LogP contribution in [0.5, 0.6) is 0 Å². The lowest BCUT2D eigenvalue weighted by Crippen LogP contribution is -2.40. The quantitative estimate of drug-likeness (QED) is 0.620. The van der Waals surface area contributed by atoms with E-state index in [-0.39, 0.29) is 5.97 Å². The fourth-order valence-electron chi connectivity index (χ4n) is 4.42. The number of hydrogen-bond acceptors (Lipinski definition) is 4. The number of nitrogens with two attached hydrogens (primary N) is 1. The second-order valence-corrected chi connectivity index (χ2v) is 8.75. The number of rotatable bonds is 5. The Balaban J connectivity index is 2.03. The molecule has 1 aromatic carbocycles. The van der Waals surface area contributed by atoms with E-state index in [0.717, 1.165) is 29.8 Å². The minimum absolute atomic E-state index is 0.192. The zero-order chi connectivity index (χ0) is 18.0. The molecule has 134 valence electrons. The van der Waals surface area contributed by atoms with Crippen molar-refractivity contribution in [3.8, 4) is 0 Å². The van der Waals surface area contributed by atoms with Crippen LogP contribution in [0, 0.1) is 10.8 Å². The lowest BCUT2D eigenvalue weighted by molar-refractivity contribution is -0.140. The third-order valence-electron chi connectivity index (χ3n) is 4.88. The van der Waals surface area contributed by atoms with Crippen LogP contribution >= 0.6 is 0 Å². The Kier molecular flexibility index (Phi) is 5.46. The van der Waals surface area contributed by atoms with Crippen LogP contribution in [0.3, 0.4) is 0 Å². The second-order valence-electron chi connectivity index (χ2n) is 8.75. The summed E-state index contributed by atoms with van der Waals surface area (Å²) in [5, 5.41) is 3.65. The Morgan fingerprint density at radius 2 is 1.88 bits per heavy atom. The summed E-state index contributed by atoms with van der Waals surface area (Å²) < 4.78 is 4.68. The first-order valence-corrected chi connectivity index (χ1v) is 8.82. The van der Waals surface area contributed by atoms with Crippen molar-refractivity contribution in [1.82, 2.24) is 0 Å². The average molecular weight is 332 g/mol. The number of aryl methyl sites for hydroxylation is 1. The number of methoxy groups -OCH3 is 1. The summed E-state index contributed by atoms with van der Waals surface area (Å²) in [6, 6.07) is 6.48. The van der Waals surface area contributed by atoms with Gasteiger partial charge in [0, 0.05) is 12.5 Å². The normalized spacial score (nSPS) is 19.7. The highest BCUT2D eigenvalue weighted by atomic mass is 16.5. The molecule has 24 heavy (non-hydrogen) atoms. The summed E-state index contributed by atoms with van der Waals surface area (Å²) in [6.07, 6.45) is 4.59. The zero-order valence-corrected chi connectivity index (χ0v) is 15.7. The van der Waals surface area contributed by atoms with Gasteiger partial charge in [-0.3, -0.25) is 4.79 Å². The molecule has 1 aliphatic carbocycles. The molecule has 1 saturated carbocycles. The fraction of sp³-hybridized carbons (Fsp3) is 0.650. The van der Waals surface area contributed by atoms with E-state index in [1.54, 1.807) is 0 Å². The number of carbonyl (C=O) groups is 1. The van der Waals surface area contributed by atoms with Crippen molar-refractivity contribution in [1.29, 1.82) is 0 Å². The molecule has 0 atom stereocenters. The zero-order valence-electron chi connectivity index (χ0n) is 15.7. The molecule has 3 N–H and O–H groups in total. The molecule has 0 unspecified atom stereocenters. The molecule has 0 saturated heterocycles. The highest BCUT2D eigenvalue weighted by molar-refractivity contribution is 5.70. The van der Waals surface area contributed by atoms with Crippen LogP contribution in [0.2, 0.25) is 0 Å². The van der Waals surface area contributed by atoms with Crippen molar-refractivity contribution < 1.29 is 9.53 Å². The van der Waals surface area contributed by atoms with Gasteiger partial charge in [-0.15, -0.1) is 0 Å². The smallest absolute Gasteiger partial charge is 0.305 e. The molecule has 2 rings (SSSR count). The van der Waals surface area contributed by atoms with Crippen molar-refractivity contribution in [2.24, 2.45) is 10.8 Å². The number of nitrogens with one attached hydrogen (secondary N) is 1. The van der Waals surface area contributed by atoms with Crippen molar-refractivity contribution >= 4 is 17.3 Å². The number of ether oxygens (including phenoxy) is 1. The Morgan fingerprint density at radius 3 is 2.42 bits per heavy atom. The summed E-state index contributed by atoms with van der Waals surface area (Å²) in [6.45, 7) is 9.40. The van der Waals surface area contributed by atoms with Crippen molar-refractivity contribution in [2.75, 3.05) is 18.2 Å². The minimum atomic E-state index is -0.192. The van der Waals surface area contributed by atoms with Gasteiger partial charge in [0.25, 0.3) is 0 Å². The summed E-state index contributed by atoms with van der Waals surface area (Å²) in [7, 11) is 1.41. The van der Waals surface area contributed by atoms with Crippen molar-refractivity contribution in [2.45, 2.75) is 65.8 Å². The van der Waals surface area contributed by atoms with Crippen LogP contribution in [-0.2, 0) is 16.0 Å². The van der Waals surface area contributed by atoms with Gasteiger partial charge in [0.2, 0.25) is 0 Å². The predicted molar refractivity (Wildman–Crippen MR) is 100 cm³/mol. The SMILES string of the molecule is COC(=O)CCc1ccc(NC2CC(C)(C)CC(C)(C)C2)c(N)c1. The van der Waals surface area contributed by atoms with Crippen molar-refractivity contribution in [3.05, 3.63) is 23.8 Å². The monoisotopic (exact) mass is 332 g/mol. The van der Waals surface area contributed by atoms with E-state index >= 15 is 0 Å². The summed E-state index contributed by atoms with van der Waals surface area (Å²) >= 11 is 0. The molecule has 0 bridgehead atoms. The van der Waals surface area contributed by atoms with Crippen LogP contribution in [0.4, 0.5) is 11.4 Å². The van der Waals surface area contributed by atoms with Gasteiger partial charge in [0.15, 0.2) is 0 Å². The Morgan fingerprint density at radius 1 is 1.25 bits per heavy atom. The first-order chi connectivity index (χ1) is 11.1. The maximum Gasteiger partial charge on any atom is 0.305 e. The number of benzene rings is 1. The summed E-state index contributed by atoms with van der Waals surface area (Å²) in [4.78, 5) is 11.3. The third kappa shape index (κ3) is 5.15. The number of hydrogen-bond donors (Lipinski definition) is 2. The van der Waals surface area contributed by atoms with Gasteiger partial charge in [-0.1, -0.05) is 33.8 Å². The van der Waals surface area contributed by atoms with E-state index in [9.17, 15) is 4.79 Å². The van der Waals surface area contributed by atoms with E-state index in [2.05, 4.69) is 37.7 Å². The Labute approximate surface area is 146 Å². The first-order valence-electron chi connectivity index (χ1n) is 8.82. The third-order valence-corrected chi connectivity index (χ3v) is 4.88.